The van der Waals surface area contributed by atoms with Crippen molar-refractivity contribution in [1.29, 1.82) is 0 Å². The first-order valence-corrected chi connectivity index (χ1v) is 12.4. The van der Waals surface area contributed by atoms with Crippen LogP contribution in [0.5, 0.6) is 0 Å². The first-order chi connectivity index (χ1) is 17.8. The molecule has 0 heteroatoms. The first kappa shape index (κ1) is 20.7. The van der Waals surface area contributed by atoms with E-state index in [0.717, 1.165) is 11.1 Å². The second-order valence-electron chi connectivity index (χ2n) is 9.37. The van der Waals surface area contributed by atoms with Gasteiger partial charge in [0.05, 0.1) is 0 Å². The topological polar surface area (TPSA) is 0 Å². The normalized spacial score (nSPS) is 11.6. The Labute approximate surface area is 211 Å². The summed E-state index contributed by atoms with van der Waals surface area (Å²) in [5.41, 5.74) is 12.3. The lowest BCUT2D eigenvalue weighted by molar-refractivity contribution is 1.58. The molecule has 0 nitrogen and oxygen atoms in total. The van der Waals surface area contributed by atoms with Gasteiger partial charge in [0.15, 0.2) is 0 Å². The fraction of sp³-hybridized carbons (Fsp3) is 0. The highest BCUT2D eigenvalue weighted by atomic mass is 14.3. The Balaban J connectivity index is 1.72. The van der Waals surface area contributed by atoms with E-state index < -0.39 is 0 Å². The van der Waals surface area contributed by atoms with Crippen molar-refractivity contribution in [2.75, 3.05) is 0 Å². The van der Waals surface area contributed by atoms with Gasteiger partial charge in [-0.25, -0.2) is 0 Å². The molecule has 0 fully saturated rings. The highest BCUT2D eigenvalue weighted by molar-refractivity contribution is 6.21. The lowest BCUT2D eigenvalue weighted by atomic mass is 9.82. The largest absolute Gasteiger partial charge is 0.0984 e. The number of hydrogen-bond donors (Lipinski definition) is 0. The van der Waals surface area contributed by atoms with E-state index in [1.807, 2.05) is 12.2 Å². The molecule has 7 rings (SSSR count). The molecule has 36 heavy (non-hydrogen) atoms. The zero-order valence-corrected chi connectivity index (χ0v) is 20.0. The maximum absolute atomic E-state index is 4.26. The molecule has 6 aromatic carbocycles. The zero-order valence-electron chi connectivity index (χ0n) is 20.0. The van der Waals surface area contributed by atoms with Crippen molar-refractivity contribution >= 4 is 33.7 Å². The number of hydrogen-bond acceptors (Lipinski definition) is 0. The molecule has 6 aromatic rings. The molecule has 0 amide bonds. The third-order valence-corrected chi connectivity index (χ3v) is 7.54. The van der Waals surface area contributed by atoms with Crippen LogP contribution >= 0.6 is 0 Å². The Bertz CT molecular complexity index is 1700. The quantitative estimate of drug-likeness (QED) is 0.247. The van der Waals surface area contributed by atoms with E-state index in [4.69, 9.17) is 0 Å². The molecule has 0 bridgehead atoms. The van der Waals surface area contributed by atoms with E-state index in [0.29, 0.717) is 0 Å². The Morgan fingerprint density at radius 2 is 0.889 bits per heavy atom. The maximum atomic E-state index is 4.26. The van der Waals surface area contributed by atoms with E-state index in [-0.39, 0.29) is 0 Å². The number of fused-ring (bicyclic) bond motifs is 4. The molecule has 0 heterocycles. The molecule has 0 spiro atoms. The van der Waals surface area contributed by atoms with Crippen molar-refractivity contribution < 1.29 is 0 Å². The third-order valence-electron chi connectivity index (χ3n) is 7.54. The van der Waals surface area contributed by atoms with Gasteiger partial charge >= 0.3 is 0 Å². The van der Waals surface area contributed by atoms with Crippen LogP contribution in [-0.2, 0) is 0 Å². The zero-order chi connectivity index (χ0) is 24.2. The summed E-state index contributed by atoms with van der Waals surface area (Å²) < 4.78 is 0. The van der Waals surface area contributed by atoms with Gasteiger partial charge in [0.2, 0.25) is 0 Å². The van der Waals surface area contributed by atoms with Crippen molar-refractivity contribution in [2.24, 2.45) is 0 Å². The summed E-state index contributed by atoms with van der Waals surface area (Å²) in [5, 5.41) is 5.12. The average molecular weight is 457 g/mol. The predicted molar refractivity (Wildman–Crippen MR) is 157 cm³/mol. The van der Waals surface area contributed by atoms with Crippen molar-refractivity contribution in [3.63, 3.8) is 0 Å². The SMILES string of the molecule is C=Cc1c(C=C)c(-c2ccccc2)c2cc3c(cc2c1-c1ccccc1)-c1cccc2cccc-3c12. The van der Waals surface area contributed by atoms with E-state index in [1.54, 1.807) is 0 Å². The highest BCUT2D eigenvalue weighted by Gasteiger charge is 2.25. The predicted octanol–water partition coefficient (Wildman–Crippen LogP) is 10.3. The minimum atomic E-state index is 1.12. The van der Waals surface area contributed by atoms with E-state index in [2.05, 4.69) is 122 Å². The average Bonchev–Trinajstić information content (AvgIpc) is 3.26. The Hall–Kier alpha value is -4.68. The summed E-state index contributed by atoms with van der Waals surface area (Å²) in [5.74, 6) is 0. The summed E-state index contributed by atoms with van der Waals surface area (Å²) in [6.45, 7) is 8.51. The van der Waals surface area contributed by atoms with E-state index >= 15 is 0 Å². The van der Waals surface area contributed by atoms with Crippen LogP contribution in [0.4, 0.5) is 0 Å². The summed E-state index contributed by atoms with van der Waals surface area (Å²) in [7, 11) is 0. The first-order valence-electron chi connectivity index (χ1n) is 12.4. The van der Waals surface area contributed by atoms with Crippen LogP contribution in [0.2, 0.25) is 0 Å². The number of rotatable bonds is 4. The minimum Gasteiger partial charge on any atom is -0.0984 e. The maximum Gasteiger partial charge on any atom is -0.00264 e. The van der Waals surface area contributed by atoms with Crippen LogP contribution in [-0.4, -0.2) is 0 Å². The molecule has 1 aliphatic rings. The fourth-order valence-corrected chi connectivity index (χ4v) is 6.06. The third kappa shape index (κ3) is 2.82. The Morgan fingerprint density at radius 3 is 1.31 bits per heavy atom. The lowest BCUT2D eigenvalue weighted by Crippen LogP contribution is -1.96. The Kier molecular flexibility index (Phi) is 4.56. The van der Waals surface area contributed by atoms with Gasteiger partial charge in [-0.05, 0) is 89.3 Å². The van der Waals surface area contributed by atoms with E-state index in [9.17, 15) is 0 Å². The van der Waals surface area contributed by atoms with Gasteiger partial charge in [0, 0.05) is 0 Å². The summed E-state index contributed by atoms with van der Waals surface area (Å²) in [6, 6.07) is 39.5. The van der Waals surface area contributed by atoms with Crippen LogP contribution in [0.25, 0.3) is 78.2 Å². The lowest BCUT2D eigenvalue weighted by Gasteiger charge is -2.21. The molecule has 0 saturated carbocycles. The Morgan fingerprint density at radius 1 is 0.444 bits per heavy atom. The second kappa shape index (κ2) is 7.93. The van der Waals surface area contributed by atoms with Crippen LogP contribution < -0.4 is 0 Å². The molecular weight excluding hydrogens is 432 g/mol. The molecule has 0 unspecified atom stereocenters. The fourth-order valence-electron chi connectivity index (χ4n) is 6.06. The molecule has 168 valence electrons. The smallest absolute Gasteiger partial charge is 0.00264 e. The molecule has 0 aliphatic heterocycles. The van der Waals surface area contributed by atoms with Crippen LogP contribution in [0, 0.1) is 0 Å². The van der Waals surface area contributed by atoms with Gasteiger partial charge in [-0.1, -0.05) is 122 Å². The van der Waals surface area contributed by atoms with E-state index in [1.165, 1.54) is 66.1 Å². The summed E-state index contributed by atoms with van der Waals surface area (Å²) >= 11 is 0. The van der Waals surface area contributed by atoms with Gasteiger partial charge in [0.1, 0.15) is 0 Å². The number of benzene rings is 6. The van der Waals surface area contributed by atoms with Gasteiger partial charge in [-0.2, -0.15) is 0 Å². The van der Waals surface area contributed by atoms with Crippen LogP contribution in [0.1, 0.15) is 11.1 Å². The molecule has 0 atom stereocenters. The molecule has 1 aliphatic carbocycles. The van der Waals surface area contributed by atoms with Crippen molar-refractivity contribution in [2.45, 2.75) is 0 Å². The molecule has 0 N–H and O–H groups in total. The minimum absolute atomic E-state index is 1.12. The standard InChI is InChI=1S/C36H24/c1-3-26-27(4-2)35(24-15-9-6-10-16-24)33-22-31-29-20-12-18-25-17-11-19-28(36(25)29)30(31)21-32(33)34(26)23-13-7-5-8-14-23/h3-22H,1-2H2. The van der Waals surface area contributed by atoms with Crippen LogP contribution in [0.15, 0.2) is 122 Å². The second-order valence-corrected chi connectivity index (χ2v) is 9.37. The van der Waals surface area contributed by atoms with Gasteiger partial charge < -0.3 is 0 Å². The van der Waals surface area contributed by atoms with Crippen molar-refractivity contribution in [1.82, 2.24) is 0 Å². The summed E-state index contributed by atoms with van der Waals surface area (Å²) in [4.78, 5) is 0. The highest BCUT2D eigenvalue weighted by Crippen LogP contribution is 2.52. The van der Waals surface area contributed by atoms with Crippen molar-refractivity contribution in [3.05, 3.63) is 133 Å². The molecular formula is C36H24. The monoisotopic (exact) mass is 456 g/mol. The molecule has 0 radical (unpaired) electrons. The summed E-state index contributed by atoms with van der Waals surface area (Å²) in [6.07, 6.45) is 3.99. The van der Waals surface area contributed by atoms with Gasteiger partial charge in [-0.15, -0.1) is 0 Å². The van der Waals surface area contributed by atoms with Gasteiger partial charge in [0.25, 0.3) is 0 Å². The van der Waals surface area contributed by atoms with Crippen LogP contribution in [0.3, 0.4) is 0 Å². The van der Waals surface area contributed by atoms with Crippen molar-refractivity contribution in [3.8, 4) is 44.5 Å². The molecule has 0 saturated heterocycles. The van der Waals surface area contributed by atoms with Gasteiger partial charge in [-0.3, -0.25) is 0 Å². The molecule has 0 aromatic heterocycles.